The molecule has 3 unspecified atom stereocenters. The summed E-state index contributed by atoms with van der Waals surface area (Å²) in [7, 11) is 0. The molecular formula is C17H22N2. The average molecular weight is 254 g/mol. The van der Waals surface area contributed by atoms with E-state index in [1.807, 2.05) is 0 Å². The van der Waals surface area contributed by atoms with Gasteiger partial charge < -0.3 is 10.3 Å². The van der Waals surface area contributed by atoms with E-state index < -0.39 is 0 Å². The SMILES string of the molecule is NCc1cn(CC2CC3CCC2C3)c2ccccc12. The van der Waals surface area contributed by atoms with Crippen LogP contribution in [-0.2, 0) is 13.1 Å². The van der Waals surface area contributed by atoms with Gasteiger partial charge in [0.2, 0.25) is 0 Å². The van der Waals surface area contributed by atoms with E-state index in [2.05, 4.69) is 35.0 Å². The molecule has 1 heterocycles. The molecule has 2 aliphatic carbocycles. The first-order chi connectivity index (χ1) is 9.35. The summed E-state index contributed by atoms with van der Waals surface area (Å²) in [4.78, 5) is 0. The first-order valence-corrected chi connectivity index (χ1v) is 7.62. The van der Waals surface area contributed by atoms with Crippen molar-refractivity contribution < 1.29 is 0 Å². The minimum absolute atomic E-state index is 0.643. The largest absolute Gasteiger partial charge is 0.347 e. The molecule has 100 valence electrons. The standard InChI is InChI=1S/C17H22N2/c18-9-15-11-19(17-4-2-1-3-16(15)17)10-14-8-12-5-6-13(14)7-12/h1-4,11-14H,5-10,18H2. The van der Waals surface area contributed by atoms with Crippen molar-refractivity contribution in [3.05, 3.63) is 36.0 Å². The molecule has 0 amide bonds. The highest BCUT2D eigenvalue weighted by Gasteiger charge is 2.39. The Hall–Kier alpha value is -1.28. The van der Waals surface area contributed by atoms with Crippen molar-refractivity contribution in [1.29, 1.82) is 0 Å². The van der Waals surface area contributed by atoms with Gasteiger partial charge in [0.15, 0.2) is 0 Å². The molecule has 2 bridgehead atoms. The Morgan fingerprint density at radius 1 is 1.16 bits per heavy atom. The zero-order chi connectivity index (χ0) is 12.8. The Kier molecular flexibility index (Phi) is 2.66. The van der Waals surface area contributed by atoms with Gasteiger partial charge in [-0.1, -0.05) is 24.6 Å². The Morgan fingerprint density at radius 3 is 2.79 bits per heavy atom. The topological polar surface area (TPSA) is 30.9 Å². The van der Waals surface area contributed by atoms with E-state index in [1.165, 1.54) is 48.7 Å². The lowest BCUT2D eigenvalue weighted by molar-refractivity contribution is 0.299. The lowest BCUT2D eigenvalue weighted by atomic mass is 9.89. The smallest absolute Gasteiger partial charge is 0.0483 e. The van der Waals surface area contributed by atoms with E-state index in [9.17, 15) is 0 Å². The maximum atomic E-state index is 5.88. The number of nitrogens with zero attached hydrogens (tertiary/aromatic N) is 1. The highest BCUT2D eigenvalue weighted by atomic mass is 15.0. The third kappa shape index (κ3) is 1.81. The number of hydrogen-bond donors (Lipinski definition) is 1. The van der Waals surface area contributed by atoms with Gasteiger partial charge in [-0.15, -0.1) is 0 Å². The van der Waals surface area contributed by atoms with Gasteiger partial charge in [0.25, 0.3) is 0 Å². The maximum absolute atomic E-state index is 5.88. The zero-order valence-corrected chi connectivity index (χ0v) is 11.4. The second-order valence-corrected chi connectivity index (χ2v) is 6.46. The van der Waals surface area contributed by atoms with Crippen molar-refractivity contribution in [2.45, 2.75) is 38.8 Å². The van der Waals surface area contributed by atoms with Crippen LogP contribution in [-0.4, -0.2) is 4.57 Å². The van der Waals surface area contributed by atoms with Gasteiger partial charge >= 0.3 is 0 Å². The molecular weight excluding hydrogens is 232 g/mol. The minimum Gasteiger partial charge on any atom is -0.347 e. The third-order valence-corrected chi connectivity index (χ3v) is 5.41. The van der Waals surface area contributed by atoms with Crippen molar-refractivity contribution in [2.75, 3.05) is 0 Å². The third-order valence-electron chi connectivity index (χ3n) is 5.41. The second-order valence-electron chi connectivity index (χ2n) is 6.46. The first kappa shape index (κ1) is 11.5. The van der Waals surface area contributed by atoms with Gasteiger partial charge in [0.05, 0.1) is 0 Å². The average Bonchev–Trinajstić information content (AvgIpc) is 3.13. The van der Waals surface area contributed by atoms with Gasteiger partial charge in [-0.25, -0.2) is 0 Å². The van der Waals surface area contributed by atoms with Gasteiger partial charge in [0.1, 0.15) is 0 Å². The summed E-state index contributed by atoms with van der Waals surface area (Å²) >= 11 is 0. The van der Waals surface area contributed by atoms with E-state index in [0.29, 0.717) is 6.54 Å². The predicted octanol–water partition coefficient (Wildman–Crippen LogP) is 3.54. The molecule has 2 saturated carbocycles. The Morgan fingerprint density at radius 2 is 2.05 bits per heavy atom. The maximum Gasteiger partial charge on any atom is 0.0483 e. The van der Waals surface area contributed by atoms with Crippen molar-refractivity contribution in [3.63, 3.8) is 0 Å². The number of benzene rings is 1. The molecule has 0 saturated heterocycles. The first-order valence-electron chi connectivity index (χ1n) is 7.62. The number of rotatable bonds is 3. The second kappa shape index (κ2) is 4.38. The summed E-state index contributed by atoms with van der Waals surface area (Å²) in [5.41, 5.74) is 8.54. The van der Waals surface area contributed by atoms with Crippen LogP contribution >= 0.6 is 0 Å². The van der Waals surface area contributed by atoms with Crippen molar-refractivity contribution in [1.82, 2.24) is 4.57 Å². The lowest BCUT2D eigenvalue weighted by Gasteiger charge is -2.22. The number of fused-ring (bicyclic) bond motifs is 3. The van der Waals surface area contributed by atoms with Gasteiger partial charge in [-0.2, -0.15) is 0 Å². The molecule has 0 spiro atoms. The molecule has 19 heavy (non-hydrogen) atoms. The molecule has 2 fully saturated rings. The lowest BCUT2D eigenvalue weighted by Crippen LogP contribution is -2.16. The summed E-state index contributed by atoms with van der Waals surface area (Å²) in [6.07, 6.45) is 8.19. The number of para-hydroxylation sites is 1. The Bertz CT molecular complexity index is 598. The van der Waals surface area contributed by atoms with E-state index >= 15 is 0 Å². The van der Waals surface area contributed by atoms with Crippen LogP contribution in [0.4, 0.5) is 0 Å². The monoisotopic (exact) mass is 254 g/mol. The van der Waals surface area contributed by atoms with Crippen LogP contribution in [0.25, 0.3) is 10.9 Å². The number of nitrogens with two attached hydrogens (primary N) is 1. The molecule has 3 atom stereocenters. The molecule has 1 aromatic heterocycles. The van der Waals surface area contributed by atoms with Crippen LogP contribution < -0.4 is 5.73 Å². The highest BCUT2D eigenvalue weighted by Crippen LogP contribution is 2.49. The van der Waals surface area contributed by atoms with Gasteiger partial charge in [-0.05, 0) is 48.6 Å². The molecule has 2 heteroatoms. The fourth-order valence-electron chi connectivity index (χ4n) is 4.49. The van der Waals surface area contributed by atoms with Crippen LogP contribution in [0.5, 0.6) is 0 Å². The zero-order valence-electron chi connectivity index (χ0n) is 11.4. The Balaban J connectivity index is 1.67. The van der Waals surface area contributed by atoms with Gasteiger partial charge in [0, 0.05) is 30.2 Å². The van der Waals surface area contributed by atoms with E-state index in [4.69, 9.17) is 5.73 Å². The molecule has 2 nitrogen and oxygen atoms in total. The molecule has 2 aromatic rings. The minimum atomic E-state index is 0.643. The predicted molar refractivity (Wildman–Crippen MR) is 78.8 cm³/mol. The fourth-order valence-corrected chi connectivity index (χ4v) is 4.49. The molecule has 0 radical (unpaired) electrons. The summed E-state index contributed by atoms with van der Waals surface area (Å²) < 4.78 is 2.46. The molecule has 4 rings (SSSR count). The fraction of sp³-hybridized carbons (Fsp3) is 0.529. The van der Waals surface area contributed by atoms with Gasteiger partial charge in [-0.3, -0.25) is 0 Å². The van der Waals surface area contributed by atoms with E-state index in [-0.39, 0.29) is 0 Å². The van der Waals surface area contributed by atoms with Crippen molar-refractivity contribution in [2.24, 2.45) is 23.5 Å². The summed E-state index contributed by atoms with van der Waals surface area (Å²) in [5.74, 6) is 2.93. The summed E-state index contributed by atoms with van der Waals surface area (Å²) in [5, 5.41) is 1.34. The molecule has 0 aliphatic heterocycles. The summed E-state index contributed by atoms with van der Waals surface area (Å²) in [6.45, 7) is 1.84. The van der Waals surface area contributed by atoms with E-state index in [1.54, 1.807) is 0 Å². The Labute approximate surface area is 114 Å². The van der Waals surface area contributed by atoms with Crippen LogP contribution in [0, 0.1) is 17.8 Å². The highest BCUT2D eigenvalue weighted by molar-refractivity contribution is 5.83. The number of aromatic nitrogens is 1. The normalized spacial score (nSPS) is 29.4. The van der Waals surface area contributed by atoms with Crippen molar-refractivity contribution in [3.8, 4) is 0 Å². The van der Waals surface area contributed by atoms with Crippen molar-refractivity contribution >= 4 is 10.9 Å². The van der Waals surface area contributed by atoms with Crippen LogP contribution in [0.2, 0.25) is 0 Å². The molecule has 1 aromatic carbocycles. The van der Waals surface area contributed by atoms with Crippen LogP contribution in [0.15, 0.2) is 30.5 Å². The van der Waals surface area contributed by atoms with Crippen LogP contribution in [0.3, 0.4) is 0 Å². The number of hydrogen-bond acceptors (Lipinski definition) is 1. The summed E-state index contributed by atoms with van der Waals surface area (Å²) in [6, 6.07) is 8.69. The molecule has 2 aliphatic rings. The van der Waals surface area contributed by atoms with E-state index in [0.717, 1.165) is 17.8 Å². The quantitative estimate of drug-likeness (QED) is 0.892. The van der Waals surface area contributed by atoms with Crippen LogP contribution in [0.1, 0.15) is 31.2 Å². The molecule has 2 N–H and O–H groups in total.